The predicted octanol–water partition coefficient (Wildman–Crippen LogP) is 4.66. The van der Waals surface area contributed by atoms with Gasteiger partial charge >= 0.3 is 0 Å². The molecule has 1 aromatic carbocycles. The molecule has 0 spiro atoms. The first-order valence-corrected chi connectivity index (χ1v) is 11.5. The van der Waals surface area contributed by atoms with Crippen molar-refractivity contribution in [2.75, 3.05) is 23.4 Å². The van der Waals surface area contributed by atoms with Gasteiger partial charge in [0.05, 0.1) is 11.6 Å². The van der Waals surface area contributed by atoms with Crippen molar-refractivity contribution in [1.29, 1.82) is 0 Å². The Kier molecular flexibility index (Phi) is 5.03. The van der Waals surface area contributed by atoms with E-state index in [2.05, 4.69) is 39.1 Å². The summed E-state index contributed by atoms with van der Waals surface area (Å²) in [5, 5.41) is 0. The molecule has 2 aliphatic carbocycles. The van der Waals surface area contributed by atoms with E-state index >= 15 is 0 Å². The maximum Gasteiger partial charge on any atom is 0.251 e. The zero-order valence-corrected chi connectivity index (χ0v) is 18.7. The Morgan fingerprint density at radius 3 is 2.74 bits per heavy atom. The summed E-state index contributed by atoms with van der Waals surface area (Å²) >= 11 is 0. The summed E-state index contributed by atoms with van der Waals surface area (Å²) in [6, 6.07) is 9.02. The monoisotopic (exact) mass is 417 g/mol. The Morgan fingerprint density at radius 2 is 1.94 bits per heavy atom. The van der Waals surface area contributed by atoms with Gasteiger partial charge in [0.25, 0.3) is 5.95 Å². The average Bonchev–Trinajstić information content (AvgIpc) is 3.44. The summed E-state index contributed by atoms with van der Waals surface area (Å²) in [5.74, 6) is 1.75. The second kappa shape index (κ2) is 7.74. The number of carbonyl (C=O) groups is 1. The van der Waals surface area contributed by atoms with E-state index in [1.807, 2.05) is 27.1 Å². The van der Waals surface area contributed by atoms with Gasteiger partial charge in [-0.15, -0.1) is 0 Å². The Labute approximate surface area is 184 Å². The smallest absolute Gasteiger partial charge is 0.251 e. The molecule has 2 heterocycles. The normalized spacial score (nSPS) is 23.3. The predicted molar refractivity (Wildman–Crippen MR) is 124 cm³/mol. The van der Waals surface area contributed by atoms with Crippen LogP contribution in [-0.4, -0.2) is 41.7 Å². The van der Waals surface area contributed by atoms with Crippen molar-refractivity contribution < 1.29 is 4.79 Å². The highest BCUT2D eigenvalue weighted by molar-refractivity contribution is 6.00. The number of amides is 1. The van der Waals surface area contributed by atoms with Gasteiger partial charge in [-0.1, -0.05) is 37.1 Å². The lowest BCUT2D eigenvalue weighted by Crippen LogP contribution is -2.45. The van der Waals surface area contributed by atoms with E-state index in [0.29, 0.717) is 24.5 Å². The van der Waals surface area contributed by atoms with Crippen molar-refractivity contribution in [2.45, 2.75) is 64.3 Å². The van der Waals surface area contributed by atoms with Crippen molar-refractivity contribution in [3.63, 3.8) is 0 Å². The number of rotatable bonds is 3. The van der Waals surface area contributed by atoms with Crippen molar-refractivity contribution in [2.24, 2.45) is 10.4 Å². The van der Waals surface area contributed by atoms with Crippen molar-refractivity contribution in [3.8, 4) is 0 Å². The van der Waals surface area contributed by atoms with Gasteiger partial charge in [0.2, 0.25) is 5.91 Å². The van der Waals surface area contributed by atoms with Crippen LogP contribution >= 0.6 is 0 Å². The van der Waals surface area contributed by atoms with Crippen LogP contribution in [0, 0.1) is 5.41 Å². The highest BCUT2D eigenvalue weighted by Crippen LogP contribution is 2.40. The minimum Gasteiger partial charge on any atom is -0.351 e. The van der Waals surface area contributed by atoms with Gasteiger partial charge in [-0.2, -0.15) is 4.98 Å². The molecule has 0 saturated heterocycles. The van der Waals surface area contributed by atoms with Gasteiger partial charge in [-0.05, 0) is 50.7 Å². The molecule has 5 rings (SSSR count). The lowest BCUT2D eigenvalue weighted by Gasteiger charge is -2.34. The first kappa shape index (κ1) is 20.2. The number of hydrogen-bond donors (Lipinski definition) is 0. The topological polar surface area (TPSA) is 61.7 Å². The van der Waals surface area contributed by atoms with Crippen LogP contribution in [-0.2, 0) is 11.2 Å². The van der Waals surface area contributed by atoms with Crippen molar-refractivity contribution in [3.05, 3.63) is 41.6 Å². The number of aryl methyl sites for hydroxylation is 1. The summed E-state index contributed by atoms with van der Waals surface area (Å²) in [6.45, 7) is 4.73. The van der Waals surface area contributed by atoms with E-state index < -0.39 is 5.41 Å². The van der Waals surface area contributed by atoms with E-state index in [4.69, 9.17) is 4.98 Å². The molecule has 6 nitrogen and oxygen atoms in total. The maximum atomic E-state index is 13.1. The number of hydrogen-bond acceptors (Lipinski definition) is 5. The molecule has 3 aliphatic rings. The molecule has 1 aliphatic heterocycles. The minimum atomic E-state index is -0.477. The van der Waals surface area contributed by atoms with Gasteiger partial charge in [0, 0.05) is 31.8 Å². The van der Waals surface area contributed by atoms with Crippen molar-refractivity contribution >= 4 is 29.6 Å². The summed E-state index contributed by atoms with van der Waals surface area (Å²) in [4.78, 5) is 31.3. The Balaban J connectivity index is 1.50. The molecule has 1 amide bonds. The summed E-state index contributed by atoms with van der Waals surface area (Å²) < 4.78 is 0. The van der Waals surface area contributed by atoms with Crippen LogP contribution in [0.25, 0.3) is 0 Å². The molecule has 162 valence electrons. The van der Waals surface area contributed by atoms with E-state index in [1.165, 1.54) is 24.0 Å². The number of benzene rings is 1. The largest absolute Gasteiger partial charge is 0.351 e. The molecule has 0 radical (unpaired) electrons. The number of fused-ring (bicyclic) bond motifs is 2. The molecule has 1 fully saturated rings. The van der Waals surface area contributed by atoms with Crippen LogP contribution in [0.3, 0.4) is 0 Å². The summed E-state index contributed by atoms with van der Waals surface area (Å²) in [7, 11) is 1.84. The second-order valence-electron chi connectivity index (χ2n) is 9.82. The third kappa shape index (κ3) is 3.62. The average molecular weight is 418 g/mol. The van der Waals surface area contributed by atoms with Gasteiger partial charge < -0.3 is 9.80 Å². The molecule has 2 aromatic rings. The molecule has 1 saturated carbocycles. The first-order chi connectivity index (χ1) is 14.9. The third-order valence-electron chi connectivity index (χ3n) is 7.13. The van der Waals surface area contributed by atoms with E-state index in [9.17, 15) is 4.79 Å². The number of nitrogens with zero attached hydrogens (tertiary/aromatic N) is 5. The van der Waals surface area contributed by atoms with Crippen LogP contribution in [0.1, 0.15) is 63.0 Å². The van der Waals surface area contributed by atoms with Gasteiger partial charge in [-0.25, -0.2) is 9.98 Å². The fourth-order valence-electron chi connectivity index (χ4n) is 5.42. The molecule has 1 atom stereocenters. The Hall–Kier alpha value is -2.76. The third-order valence-corrected chi connectivity index (χ3v) is 7.13. The van der Waals surface area contributed by atoms with Crippen LogP contribution < -0.4 is 9.80 Å². The van der Waals surface area contributed by atoms with Gasteiger partial charge in [-0.3, -0.25) is 4.79 Å². The zero-order chi connectivity index (χ0) is 21.6. The first-order valence-electron chi connectivity index (χ1n) is 11.5. The van der Waals surface area contributed by atoms with Crippen LogP contribution in [0.4, 0.5) is 17.5 Å². The van der Waals surface area contributed by atoms with Gasteiger partial charge in [0.15, 0.2) is 5.82 Å². The minimum absolute atomic E-state index is 0.108. The summed E-state index contributed by atoms with van der Waals surface area (Å²) in [6.07, 6.45) is 10.7. The fraction of sp³-hybridized carbons (Fsp3) is 0.520. The highest BCUT2D eigenvalue weighted by Gasteiger charge is 2.41. The van der Waals surface area contributed by atoms with Crippen molar-refractivity contribution in [1.82, 2.24) is 9.97 Å². The quantitative estimate of drug-likeness (QED) is 0.682. The lowest BCUT2D eigenvalue weighted by molar-refractivity contribution is -0.125. The molecular weight excluding hydrogens is 386 g/mol. The summed E-state index contributed by atoms with van der Waals surface area (Å²) in [5.41, 5.74) is 3.08. The van der Waals surface area contributed by atoms with E-state index in [-0.39, 0.29) is 5.91 Å². The standard InChI is InChI=1S/C25H31N5O/c1-25(2)16-30(19-9-5-6-10-19)22-21(29(3)23(25)31)15-27-24(28-22)26-14-18-13-12-17-8-4-7-11-20(17)18/h4,7-8,11,14-15,18-19H,5-6,9-10,12-13,16H2,1-3H3. The molecule has 0 N–H and O–H groups in total. The molecule has 1 aromatic heterocycles. The number of anilines is 2. The number of aliphatic imine (C=N–C) groups is 1. The van der Waals surface area contributed by atoms with Crippen LogP contribution in [0.5, 0.6) is 0 Å². The molecule has 6 heteroatoms. The van der Waals surface area contributed by atoms with Gasteiger partial charge in [0.1, 0.15) is 5.69 Å². The van der Waals surface area contributed by atoms with E-state index in [0.717, 1.165) is 37.2 Å². The van der Waals surface area contributed by atoms with E-state index in [1.54, 1.807) is 11.1 Å². The second-order valence-corrected chi connectivity index (χ2v) is 9.82. The highest BCUT2D eigenvalue weighted by atomic mass is 16.2. The molecular formula is C25H31N5O. The fourth-order valence-corrected chi connectivity index (χ4v) is 5.42. The molecule has 31 heavy (non-hydrogen) atoms. The SMILES string of the molecule is CN1C(=O)C(C)(C)CN(C2CCCC2)c2nc(N=CC3CCc4ccccc43)ncc21. The Morgan fingerprint density at radius 1 is 1.16 bits per heavy atom. The zero-order valence-electron chi connectivity index (χ0n) is 18.7. The number of aromatic nitrogens is 2. The van der Waals surface area contributed by atoms with Crippen LogP contribution in [0.2, 0.25) is 0 Å². The molecule has 1 unspecified atom stereocenters. The lowest BCUT2D eigenvalue weighted by atomic mass is 9.91. The Bertz CT molecular complexity index is 1020. The maximum absolute atomic E-state index is 13.1. The number of carbonyl (C=O) groups excluding carboxylic acids is 1. The molecule has 0 bridgehead atoms. The van der Waals surface area contributed by atoms with Crippen LogP contribution in [0.15, 0.2) is 35.5 Å².